The van der Waals surface area contributed by atoms with Gasteiger partial charge in [-0.15, -0.1) is 11.8 Å². The van der Waals surface area contributed by atoms with E-state index < -0.39 is 0 Å². The van der Waals surface area contributed by atoms with Crippen molar-refractivity contribution in [2.45, 2.75) is 43.6 Å². The molecule has 4 nitrogen and oxygen atoms in total. The summed E-state index contributed by atoms with van der Waals surface area (Å²) in [4.78, 5) is 18.6. The van der Waals surface area contributed by atoms with Gasteiger partial charge in [-0.05, 0) is 72.8 Å². The summed E-state index contributed by atoms with van der Waals surface area (Å²) in [6.07, 6.45) is 10.7. The van der Waals surface area contributed by atoms with Crippen LogP contribution in [0.1, 0.15) is 52.9 Å². The lowest BCUT2D eigenvalue weighted by atomic mass is 9.87. The second kappa shape index (κ2) is 10.5. The maximum atomic E-state index is 12.9. The first-order chi connectivity index (χ1) is 14.7. The molecule has 0 saturated carbocycles. The minimum atomic E-state index is 0.161. The topological polar surface area (TPSA) is 45.3 Å². The highest BCUT2D eigenvalue weighted by atomic mass is 32.2. The van der Waals surface area contributed by atoms with Crippen molar-refractivity contribution in [3.05, 3.63) is 58.8 Å². The quantitative estimate of drug-likeness (QED) is 0.479. The van der Waals surface area contributed by atoms with Gasteiger partial charge in [0.2, 0.25) is 0 Å². The van der Waals surface area contributed by atoms with Gasteiger partial charge in [-0.25, -0.2) is 0 Å². The molecular formula is C25H32N2O2S. The zero-order valence-corrected chi connectivity index (χ0v) is 18.7. The fraction of sp³-hybridized carbons (Fsp3) is 0.480. The van der Waals surface area contributed by atoms with Crippen LogP contribution in [-0.4, -0.2) is 54.8 Å². The Labute approximate surface area is 184 Å². The number of allylic oxidation sites excluding steroid dienone is 2. The van der Waals surface area contributed by atoms with Gasteiger partial charge in [-0.2, -0.15) is 0 Å². The molecule has 0 amide bonds. The van der Waals surface area contributed by atoms with Gasteiger partial charge in [0.25, 0.3) is 0 Å². The van der Waals surface area contributed by atoms with Crippen LogP contribution >= 0.6 is 11.8 Å². The van der Waals surface area contributed by atoms with Gasteiger partial charge in [0, 0.05) is 26.1 Å². The van der Waals surface area contributed by atoms with Crippen molar-refractivity contribution in [1.82, 2.24) is 9.88 Å². The lowest BCUT2D eigenvalue weighted by Gasteiger charge is -2.26. The average Bonchev–Trinajstić information content (AvgIpc) is 3.29. The van der Waals surface area contributed by atoms with Crippen LogP contribution in [0.15, 0.2) is 41.4 Å². The molecule has 1 N–H and O–H groups in total. The third-order valence-electron chi connectivity index (χ3n) is 6.16. The number of H-pyrrole nitrogens is 1. The number of carbonyl (C=O) groups excluding carboxylic acids is 1. The van der Waals surface area contributed by atoms with Gasteiger partial charge in [-0.3, -0.25) is 9.69 Å². The number of ketones is 1. The Hall–Kier alpha value is -1.82. The van der Waals surface area contributed by atoms with Crippen LogP contribution in [0.3, 0.4) is 0 Å². The van der Waals surface area contributed by atoms with E-state index in [1.54, 1.807) is 11.8 Å². The largest absolute Gasteiger partial charge is 0.379 e. The summed E-state index contributed by atoms with van der Waals surface area (Å²) < 4.78 is 5.46. The number of ether oxygens (including phenoxy) is 1. The van der Waals surface area contributed by atoms with E-state index in [1.807, 2.05) is 18.4 Å². The Bertz CT molecular complexity index is 896. The number of aromatic nitrogens is 1. The normalized spacial score (nSPS) is 17.7. The van der Waals surface area contributed by atoms with E-state index in [1.165, 1.54) is 29.5 Å². The molecular weight excluding hydrogens is 392 g/mol. The van der Waals surface area contributed by atoms with Crippen LogP contribution in [-0.2, 0) is 17.6 Å². The fourth-order valence-corrected chi connectivity index (χ4v) is 4.77. The summed E-state index contributed by atoms with van der Waals surface area (Å²) in [6.45, 7) is 4.81. The maximum Gasteiger partial charge on any atom is 0.183 e. The summed E-state index contributed by atoms with van der Waals surface area (Å²) >= 11 is 1.63. The summed E-state index contributed by atoms with van der Waals surface area (Å²) in [7, 11) is 0. The van der Waals surface area contributed by atoms with Crippen molar-refractivity contribution in [3.8, 4) is 0 Å². The smallest absolute Gasteiger partial charge is 0.183 e. The van der Waals surface area contributed by atoms with Crippen LogP contribution in [0, 0.1) is 0 Å². The Morgan fingerprint density at radius 2 is 2.03 bits per heavy atom. The molecule has 30 heavy (non-hydrogen) atoms. The second-order valence-electron chi connectivity index (χ2n) is 8.21. The summed E-state index contributed by atoms with van der Waals surface area (Å²) in [6, 6.07) is 10.7. The van der Waals surface area contributed by atoms with Gasteiger partial charge >= 0.3 is 0 Å². The number of Topliss-reactive ketones (excluding diaryl/α,β-unsaturated/α-hetero) is 1. The third kappa shape index (κ3) is 5.45. The van der Waals surface area contributed by atoms with E-state index in [0.29, 0.717) is 12.1 Å². The molecule has 1 aromatic heterocycles. The Morgan fingerprint density at radius 3 is 2.77 bits per heavy atom. The lowest BCUT2D eigenvalue weighted by Crippen LogP contribution is -2.37. The van der Waals surface area contributed by atoms with Gasteiger partial charge in [-0.1, -0.05) is 24.3 Å². The molecule has 0 atom stereocenters. The predicted molar refractivity (Wildman–Crippen MR) is 124 cm³/mol. The number of thioether (sulfide) groups is 1. The van der Waals surface area contributed by atoms with E-state index in [-0.39, 0.29) is 5.78 Å². The number of benzene rings is 1. The van der Waals surface area contributed by atoms with E-state index in [4.69, 9.17) is 4.74 Å². The standard InChI is InChI=1S/C25H32N2O2S/c1-30-25-10-9-23(26-25)24(28)18-21-8-7-19(11-12-27-13-15-29-16-14-27)17-22(21)20-5-3-2-4-6-20/h5,7-10,17,26H,2-4,6,11-16,18H2,1H3. The lowest BCUT2D eigenvalue weighted by molar-refractivity contribution is 0.0384. The van der Waals surface area contributed by atoms with Crippen LogP contribution in [0.5, 0.6) is 0 Å². The van der Waals surface area contributed by atoms with E-state index in [0.717, 1.165) is 62.7 Å². The molecule has 1 aliphatic heterocycles. The zero-order chi connectivity index (χ0) is 20.8. The van der Waals surface area contributed by atoms with Crippen molar-refractivity contribution in [3.63, 3.8) is 0 Å². The van der Waals surface area contributed by atoms with Crippen molar-refractivity contribution in [2.24, 2.45) is 0 Å². The number of nitrogens with one attached hydrogen (secondary N) is 1. The van der Waals surface area contributed by atoms with Gasteiger partial charge in [0.05, 0.1) is 23.9 Å². The average molecular weight is 425 g/mol. The minimum absolute atomic E-state index is 0.161. The SMILES string of the molecule is CSc1ccc(C(=O)Cc2ccc(CCN3CCOCC3)cc2C2=CCCCC2)[nH]1. The van der Waals surface area contributed by atoms with Crippen molar-refractivity contribution >= 4 is 23.1 Å². The van der Waals surface area contributed by atoms with Gasteiger partial charge in [0.15, 0.2) is 5.78 Å². The Morgan fingerprint density at radius 1 is 1.17 bits per heavy atom. The molecule has 2 heterocycles. The highest BCUT2D eigenvalue weighted by Crippen LogP contribution is 2.31. The molecule has 0 unspecified atom stereocenters. The number of aromatic amines is 1. The first-order valence-electron chi connectivity index (χ1n) is 11.1. The number of carbonyl (C=O) groups is 1. The first-order valence-corrected chi connectivity index (χ1v) is 12.3. The number of rotatable bonds is 8. The van der Waals surface area contributed by atoms with Crippen LogP contribution in [0.4, 0.5) is 0 Å². The van der Waals surface area contributed by atoms with Crippen molar-refractivity contribution < 1.29 is 9.53 Å². The maximum absolute atomic E-state index is 12.9. The van der Waals surface area contributed by atoms with E-state index in [9.17, 15) is 4.79 Å². The molecule has 5 heteroatoms. The number of morpholine rings is 1. The monoisotopic (exact) mass is 424 g/mol. The second-order valence-corrected chi connectivity index (χ2v) is 9.06. The van der Waals surface area contributed by atoms with E-state index in [2.05, 4.69) is 34.2 Å². The molecule has 1 aromatic carbocycles. The number of nitrogens with zero attached hydrogens (tertiary/aromatic N) is 1. The van der Waals surface area contributed by atoms with Crippen molar-refractivity contribution in [1.29, 1.82) is 0 Å². The molecule has 2 aromatic rings. The molecule has 160 valence electrons. The number of hydrogen-bond acceptors (Lipinski definition) is 4. The molecule has 1 fully saturated rings. The number of hydrogen-bond donors (Lipinski definition) is 1. The van der Waals surface area contributed by atoms with Crippen LogP contribution in [0.25, 0.3) is 5.57 Å². The minimum Gasteiger partial charge on any atom is -0.379 e. The molecule has 1 aliphatic carbocycles. The molecule has 0 bridgehead atoms. The highest BCUT2D eigenvalue weighted by Gasteiger charge is 2.17. The Balaban J connectivity index is 1.52. The fourth-order valence-electron chi connectivity index (χ4n) is 4.35. The summed E-state index contributed by atoms with van der Waals surface area (Å²) in [5.74, 6) is 0.161. The molecule has 4 rings (SSSR count). The molecule has 2 aliphatic rings. The Kier molecular flexibility index (Phi) is 7.47. The van der Waals surface area contributed by atoms with Crippen LogP contribution in [0.2, 0.25) is 0 Å². The third-order valence-corrected chi connectivity index (χ3v) is 6.84. The predicted octanol–water partition coefficient (Wildman–Crippen LogP) is 4.99. The van der Waals surface area contributed by atoms with Gasteiger partial charge in [0.1, 0.15) is 0 Å². The summed E-state index contributed by atoms with van der Waals surface area (Å²) in [5, 5.41) is 1.03. The molecule has 0 spiro atoms. The highest BCUT2D eigenvalue weighted by molar-refractivity contribution is 7.98. The zero-order valence-electron chi connectivity index (χ0n) is 17.9. The first kappa shape index (κ1) is 21.4. The van der Waals surface area contributed by atoms with Gasteiger partial charge < -0.3 is 9.72 Å². The molecule has 0 radical (unpaired) electrons. The summed E-state index contributed by atoms with van der Waals surface area (Å²) in [5.41, 5.74) is 5.94. The van der Waals surface area contributed by atoms with Crippen LogP contribution < -0.4 is 0 Å². The molecule has 1 saturated heterocycles. The van der Waals surface area contributed by atoms with Crippen molar-refractivity contribution in [2.75, 3.05) is 39.1 Å². The van der Waals surface area contributed by atoms with E-state index >= 15 is 0 Å².